The maximum absolute atomic E-state index is 13.3. The second kappa shape index (κ2) is 54.0. The molecule has 1 amide bonds. The Morgan fingerprint density at radius 3 is 1.20 bits per heavy atom. The molecule has 388 valence electrons. The van der Waals surface area contributed by atoms with E-state index in [1.54, 1.807) is 0 Å². The number of aliphatic hydroxyl groups is 2. The van der Waals surface area contributed by atoms with E-state index in [2.05, 4.69) is 62.5 Å². The number of ether oxygens (including phenoxy) is 1. The van der Waals surface area contributed by atoms with Gasteiger partial charge in [-0.2, -0.15) is 0 Å². The van der Waals surface area contributed by atoms with Gasteiger partial charge in [0.25, 0.3) is 0 Å². The number of hydrogen-bond donors (Lipinski definition) is 3. The summed E-state index contributed by atoms with van der Waals surface area (Å²) in [4.78, 5) is 26.3. The molecule has 0 radical (unpaired) electrons. The van der Waals surface area contributed by atoms with Crippen molar-refractivity contribution in [1.29, 1.82) is 0 Å². The van der Waals surface area contributed by atoms with Gasteiger partial charge in [0.15, 0.2) is 0 Å². The van der Waals surface area contributed by atoms with Crippen molar-refractivity contribution < 1.29 is 24.5 Å². The van der Waals surface area contributed by atoms with Gasteiger partial charge in [-0.1, -0.05) is 269 Å². The van der Waals surface area contributed by atoms with Gasteiger partial charge in [0.05, 0.1) is 25.2 Å². The third kappa shape index (κ3) is 48.5. The van der Waals surface area contributed by atoms with E-state index in [9.17, 15) is 19.8 Å². The maximum Gasteiger partial charge on any atom is 0.306 e. The zero-order valence-electron chi connectivity index (χ0n) is 44.3. The predicted octanol–water partition coefficient (Wildman–Crippen LogP) is 18.0. The van der Waals surface area contributed by atoms with Crippen LogP contribution in [-0.4, -0.2) is 46.9 Å². The molecule has 0 fully saturated rings. The largest absolute Gasteiger partial charge is 0.462 e. The highest BCUT2D eigenvalue weighted by Gasteiger charge is 2.24. The average molecular weight is 929 g/mol. The van der Waals surface area contributed by atoms with Crippen LogP contribution in [0.25, 0.3) is 0 Å². The zero-order chi connectivity index (χ0) is 48.1. The lowest BCUT2D eigenvalue weighted by Gasteiger charge is -2.24. The second-order valence-corrected chi connectivity index (χ2v) is 20.1. The minimum Gasteiger partial charge on any atom is -0.462 e. The molecule has 0 spiro atoms. The van der Waals surface area contributed by atoms with Crippen molar-refractivity contribution >= 4 is 11.9 Å². The first kappa shape index (κ1) is 64.1. The van der Waals surface area contributed by atoms with Crippen LogP contribution in [0.4, 0.5) is 0 Å². The number of unbranched alkanes of at least 4 members (excludes halogenated alkanes) is 35. The van der Waals surface area contributed by atoms with Crippen LogP contribution in [0, 0.1) is 0 Å². The summed E-state index contributed by atoms with van der Waals surface area (Å²) >= 11 is 0. The number of carbonyl (C=O) groups excluding carboxylic acids is 2. The summed E-state index contributed by atoms with van der Waals surface area (Å²) in [6.45, 7) is 6.48. The highest BCUT2D eigenvalue weighted by Crippen LogP contribution is 2.19. The molecule has 0 rings (SSSR count). The minimum atomic E-state index is -0.787. The molecular weight excluding hydrogens is 815 g/mol. The lowest BCUT2D eigenvalue weighted by Crippen LogP contribution is -2.46. The van der Waals surface area contributed by atoms with Gasteiger partial charge in [0.1, 0.15) is 6.10 Å². The molecule has 0 bridgehead atoms. The quantitative estimate of drug-likeness (QED) is 0.0321. The van der Waals surface area contributed by atoms with Crippen molar-refractivity contribution in [3.8, 4) is 0 Å². The standard InChI is InChI=1S/C60H113NO5/c1-4-7-10-13-16-19-22-24-26-28-29-31-33-35-38-41-44-47-50-53-60(65)66-56(51-48-45-42-39-37-34-32-30-27-25-23-20-17-14-11-8-5-2)54-59(64)61-57(55-62)58(63)52-49-46-43-40-36-21-18-15-12-9-6-3/h16,19,24,26,29,31,56-58,62-63H,4-15,17-18,20-23,25,27-28,30,32-55H2,1-3H3,(H,61,64)/b19-16-,26-24-,31-29-. The van der Waals surface area contributed by atoms with Crippen LogP contribution in [0.1, 0.15) is 310 Å². The molecule has 0 aromatic rings. The first-order valence-electron chi connectivity index (χ1n) is 29.2. The van der Waals surface area contributed by atoms with Crippen LogP contribution < -0.4 is 5.32 Å². The average Bonchev–Trinajstić information content (AvgIpc) is 3.31. The number of amides is 1. The second-order valence-electron chi connectivity index (χ2n) is 20.1. The molecule has 6 nitrogen and oxygen atoms in total. The Kier molecular flexibility index (Phi) is 52.5. The van der Waals surface area contributed by atoms with Gasteiger partial charge >= 0.3 is 5.97 Å². The molecule has 0 aromatic carbocycles. The third-order valence-electron chi connectivity index (χ3n) is 13.5. The zero-order valence-corrected chi connectivity index (χ0v) is 44.3. The summed E-state index contributed by atoms with van der Waals surface area (Å²) in [6.07, 6.45) is 64.9. The van der Waals surface area contributed by atoms with Crippen LogP contribution in [-0.2, 0) is 14.3 Å². The number of hydrogen-bond acceptors (Lipinski definition) is 5. The monoisotopic (exact) mass is 928 g/mol. The van der Waals surface area contributed by atoms with Gasteiger partial charge in [-0.3, -0.25) is 9.59 Å². The molecule has 0 saturated carbocycles. The van der Waals surface area contributed by atoms with Gasteiger partial charge < -0.3 is 20.3 Å². The minimum absolute atomic E-state index is 0.0769. The van der Waals surface area contributed by atoms with E-state index in [0.717, 1.165) is 64.2 Å². The summed E-state index contributed by atoms with van der Waals surface area (Å²) in [5, 5.41) is 23.8. The van der Waals surface area contributed by atoms with Crippen LogP contribution in [0.5, 0.6) is 0 Å². The number of nitrogens with one attached hydrogen (secondary N) is 1. The number of aliphatic hydroxyl groups excluding tert-OH is 2. The lowest BCUT2D eigenvalue weighted by molar-refractivity contribution is -0.151. The van der Waals surface area contributed by atoms with Crippen LogP contribution in [0.2, 0.25) is 0 Å². The Bertz CT molecular complexity index is 1090. The Morgan fingerprint density at radius 1 is 0.439 bits per heavy atom. The molecule has 3 N–H and O–H groups in total. The first-order chi connectivity index (χ1) is 32.5. The first-order valence-corrected chi connectivity index (χ1v) is 29.2. The van der Waals surface area contributed by atoms with Crippen molar-refractivity contribution in [3.05, 3.63) is 36.5 Å². The Balaban J connectivity index is 4.54. The SMILES string of the molecule is CCCCC/C=C\C/C=C\C/C=C\CCCCCCCCC(=O)OC(CCCCCCCCCCCCCCCCCCC)CC(=O)NC(CO)C(O)CCCCCCCCCCCCC. The summed E-state index contributed by atoms with van der Waals surface area (Å²) in [5.74, 6) is -0.471. The van der Waals surface area contributed by atoms with Crippen molar-refractivity contribution in [2.24, 2.45) is 0 Å². The topological polar surface area (TPSA) is 95.9 Å². The van der Waals surface area contributed by atoms with E-state index in [0.29, 0.717) is 19.3 Å². The normalized spacial score (nSPS) is 13.3. The summed E-state index contributed by atoms with van der Waals surface area (Å²) in [6, 6.07) is -0.701. The third-order valence-corrected chi connectivity index (χ3v) is 13.5. The van der Waals surface area contributed by atoms with Gasteiger partial charge in [-0.05, 0) is 64.2 Å². The molecule has 0 aliphatic rings. The van der Waals surface area contributed by atoms with Crippen molar-refractivity contribution in [2.45, 2.75) is 328 Å². The highest BCUT2D eigenvalue weighted by atomic mass is 16.5. The molecule has 0 aromatic heterocycles. The molecule has 0 saturated heterocycles. The van der Waals surface area contributed by atoms with E-state index in [1.165, 1.54) is 199 Å². The Morgan fingerprint density at radius 2 is 0.773 bits per heavy atom. The summed E-state index contributed by atoms with van der Waals surface area (Å²) in [5.41, 5.74) is 0. The fourth-order valence-electron chi connectivity index (χ4n) is 9.03. The van der Waals surface area contributed by atoms with Gasteiger partial charge in [-0.25, -0.2) is 0 Å². The number of carbonyl (C=O) groups is 2. The van der Waals surface area contributed by atoms with E-state index >= 15 is 0 Å². The van der Waals surface area contributed by atoms with Crippen molar-refractivity contribution in [1.82, 2.24) is 5.32 Å². The van der Waals surface area contributed by atoms with E-state index in [1.807, 2.05) is 0 Å². The van der Waals surface area contributed by atoms with Crippen molar-refractivity contribution in [3.63, 3.8) is 0 Å². The maximum atomic E-state index is 13.3. The van der Waals surface area contributed by atoms with Crippen molar-refractivity contribution in [2.75, 3.05) is 6.61 Å². The number of allylic oxidation sites excluding steroid dienone is 6. The molecule has 0 aliphatic carbocycles. The lowest BCUT2D eigenvalue weighted by atomic mass is 10.0. The number of rotatable bonds is 53. The highest BCUT2D eigenvalue weighted by molar-refractivity contribution is 5.77. The molecule has 66 heavy (non-hydrogen) atoms. The molecule has 0 aliphatic heterocycles. The van der Waals surface area contributed by atoms with Crippen LogP contribution >= 0.6 is 0 Å². The Hall–Kier alpha value is -1.92. The van der Waals surface area contributed by atoms with E-state index < -0.39 is 18.2 Å². The molecule has 0 heterocycles. The molecule has 6 heteroatoms. The summed E-state index contributed by atoms with van der Waals surface area (Å²) in [7, 11) is 0. The van der Waals surface area contributed by atoms with E-state index in [-0.39, 0.29) is 24.9 Å². The predicted molar refractivity (Wildman–Crippen MR) is 287 cm³/mol. The van der Waals surface area contributed by atoms with Gasteiger partial charge in [0.2, 0.25) is 5.91 Å². The molecular formula is C60H113NO5. The Labute approximate surface area is 411 Å². The summed E-state index contributed by atoms with van der Waals surface area (Å²) < 4.78 is 5.97. The fourth-order valence-corrected chi connectivity index (χ4v) is 9.03. The van der Waals surface area contributed by atoms with Gasteiger partial charge in [0, 0.05) is 6.42 Å². The fraction of sp³-hybridized carbons (Fsp3) is 0.867. The van der Waals surface area contributed by atoms with E-state index in [4.69, 9.17) is 4.74 Å². The smallest absolute Gasteiger partial charge is 0.306 e. The molecule has 3 atom stereocenters. The number of esters is 1. The van der Waals surface area contributed by atoms with Crippen LogP contribution in [0.3, 0.4) is 0 Å². The van der Waals surface area contributed by atoms with Crippen LogP contribution in [0.15, 0.2) is 36.5 Å². The molecule has 3 unspecified atom stereocenters. The van der Waals surface area contributed by atoms with Gasteiger partial charge in [-0.15, -0.1) is 0 Å².